The molecule has 1 aromatic heterocycles. The lowest BCUT2D eigenvalue weighted by atomic mass is 10.1. The van der Waals surface area contributed by atoms with Gasteiger partial charge in [0.25, 0.3) is 0 Å². The maximum Gasteiger partial charge on any atom is 0.0727 e. The second kappa shape index (κ2) is 4.84. The van der Waals surface area contributed by atoms with Crippen LogP contribution in [0.4, 0.5) is 11.4 Å². The van der Waals surface area contributed by atoms with Gasteiger partial charge in [-0.25, -0.2) is 0 Å². The van der Waals surface area contributed by atoms with Gasteiger partial charge < -0.3 is 11.1 Å². The van der Waals surface area contributed by atoms with E-state index in [1.807, 2.05) is 18.2 Å². The largest absolute Gasteiger partial charge is 0.399 e. The van der Waals surface area contributed by atoms with Crippen molar-refractivity contribution in [2.24, 2.45) is 0 Å². The first-order valence-corrected chi connectivity index (χ1v) is 6.44. The minimum Gasteiger partial charge on any atom is -0.399 e. The molecule has 18 heavy (non-hydrogen) atoms. The summed E-state index contributed by atoms with van der Waals surface area (Å²) in [5.74, 6) is 0.416. The predicted octanol–water partition coefficient (Wildman–Crippen LogP) is 3.76. The Morgan fingerprint density at radius 1 is 1.11 bits per heavy atom. The Labute approximate surface area is 108 Å². The fourth-order valence-corrected chi connectivity index (χ4v) is 1.99. The molecule has 96 valence electrons. The van der Waals surface area contributed by atoms with Crippen LogP contribution in [0.5, 0.6) is 0 Å². The highest BCUT2D eigenvalue weighted by molar-refractivity contribution is 5.93. The lowest BCUT2D eigenvalue weighted by Crippen LogP contribution is -2.11. The van der Waals surface area contributed by atoms with Gasteiger partial charge in [-0.2, -0.15) is 0 Å². The molecule has 3 N–H and O–H groups in total. The molecular weight excluding hydrogens is 222 g/mol. The fourth-order valence-electron chi connectivity index (χ4n) is 1.99. The number of pyridine rings is 1. The molecule has 0 saturated heterocycles. The first-order chi connectivity index (χ1) is 8.47. The van der Waals surface area contributed by atoms with Gasteiger partial charge in [0.1, 0.15) is 0 Å². The molecule has 0 saturated carbocycles. The summed E-state index contributed by atoms with van der Waals surface area (Å²) < 4.78 is 0. The fraction of sp³-hybridized carbons (Fsp3) is 0.400. The number of hydrogen-bond acceptors (Lipinski definition) is 3. The SMILES string of the molecule is CC(C)Nc1cc(C(C)C)nc2ccc(N)cc12. The number of benzene rings is 1. The summed E-state index contributed by atoms with van der Waals surface area (Å²) in [7, 11) is 0. The molecule has 2 rings (SSSR count). The normalized spacial score (nSPS) is 11.4. The number of anilines is 2. The van der Waals surface area contributed by atoms with Gasteiger partial charge in [0.2, 0.25) is 0 Å². The predicted molar refractivity (Wildman–Crippen MR) is 79.0 cm³/mol. The zero-order valence-corrected chi connectivity index (χ0v) is 11.5. The average Bonchev–Trinajstić information content (AvgIpc) is 2.28. The summed E-state index contributed by atoms with van der Waals surface area (Å²) >= 11 is 0. The summed E-state index contributed by atoms with van der Waals surface area (Å²) in [4.78, 5) is 4.69. The summed E-state index contributed by atoms with van der Waals surface area (Å²) in [6.07, 6.45) is 0. The molecule has 0 atom stereocenters. The van der Waals surface area contributed by atoms with E-state index in [1.54, 1.807) is 0 Å². The van der Waals surface area contributed by atoms with Crippen LogP contribution in [-0.4, -0.2) is 11.0 Å². The van der Waals surface area contributed by atoms with Crippen LogP contribution in [0.3, 0.4) is 0 Å². The third-order valence-electron chi connectivity index (χ3n) is 2.89. The van der Waals surface area contributed by atoms with Crippen molar-refractivity contribution in [3.63, 3.8) is 0 Å². The Morgan fingerprint density at radius 2 is 1.83 bits per heavy atom. The molecular formula is C15H21N3. The highest BCUT2D eigenvalue weighted by atomic mass is 14.9. The quantitative estimate of drug-likeness (QED) is 0.807. The topological polar surface area (TPSA) is 50.9 Å². The smallest absolute Gasteiger partial charge is 0.0727 e. The molecule has 0 aliphatic carbocycles. The lowest BCUT2D eigenvalue weighted by Gasteiger charge is -2.16. The zero-order valence-electron chi connectivity index (χ0n) is 11.5. The van der Waals surface area contributed by atoms with E-state index >= 15 is 0 Å². The van der Waals surface area contributed by atoms with Gasteiger partial charge in [-0.1, -0.05) is 13.8 Å². The zero-order chi connectivity index (χ0) is 13.3. The molecule has 0 aliphatic rings. The van der Waals surface area contributed by atoms with Crippen molar-refractivity contribution in [1.29, 1.82) is 0 Å². The van der Waals surface area contributed by atoms with Crippen molar-refractivity contribution in [1.82, 2.24) is 4.98 Å². The Balaban J connectivity index is 2.65. The van der Waals surface area contributed by atoms with E-state index < -0.39 is 0 Å². The van der Waals surface area contributed by atoms with Gasteiger partial charge >= 0.3 is 0 Å². The number of nitrogens with two attached hydrogens (primary N) is 1. The van der Waals surface area contributed by atoms with E-state index in [-0.39, 0.29) is 0 Å². The molecule has 1 aromatic carbocycles. The van der Waals surface area contributed by atoms with Gasteiger partial charge in [-0.3, -0.25) is 4.98 Å². The Hall–Kier alpha value is -1.77. The maximum absolute atomic E-state index is 5.87. The van der Waals surface area contributed by atoms with Gasteiger partial charge in [0.15, 0.2) is 0 Å². The lowest BCUT2D eigenvalue weighted by molar-refractivity contribution is 0.827. The van der Waals surface area contributed by atoms with Gasteiger partial charge in [0.05, 0.1) is 5.52 Å². The number of nitrogen functional groups attached to an aromatic ring is 1. The first-order valence-electron chi connectivity index (χ1n) is 6.44. The van der Waals surface area contributed by atoms with Crippen LogP contribution in [0.25, 0.3) is 10.9 Å². The van der Waals surface area contributed by atoms with Crippen molar-refractivity contribution in [2.45, 2.75) is 39.7 Å². The third kappa shape index (κ3) is 2.55. The van der Waals surface area contributed by atoms with Crippen LogP contribution >= 0.6 is 0 Å². The molecule has 0 bridgehead atoms. The first kappa shape index (κ1) is 12.7. The van der Waals surface area contributed by atoms with Crippen LogP contribution in [-0.2, 0) is 0 Å². The Kier molecular flexibility index (Phi) is 3.41. The molecule has 0 spiro atoms. The number of rotatable bonds is 3. The number of fused-ring (bicyclic) bond motifs is 1. The van der Waals surface area contributed by atoms with Gasteiger partial charge in [-0.15, -0.1) is 0 Å². The summed E-state index contributed by atoms with van der Waals surface area (Å²) in [6, 6.07) is 8.39. The van der Waals surface area contributed by atoms with E-state index in [0.717, 1.165) is 28.0 Å². The third-order valence-corrected chi connectivity index (χ3v) is 2.89. The molecule has 0 aliphatic heterocycles. The van der Waals surface area contributed by atoms with Crippen LogP contribution in [0.1, 0.15) is 39.3 Å². The molecule has 2 aromatic rings. The van der Waals surface area contributed by atoms with Crippen molar-refractivity contribution in [3.05, 3.63) is 30.0 Å². The molecule has 0 fully saturated rings. The number of nitrogens with zero attached hydrogens (tertiary/aromatic N) is 1. The van der Waals surface area contributed by atoms with E-state index in [2.05, 4.69) is 44.1 Å². The molecule has 3 heteroatoms. The van der Waals surface area contributed by atoms with Gasteiger partial charge in [-0.05, 0) is 44.0 Å². The van der Waals surface area contributed by atoms with E-state index in [4.69, 9.17) is 5.73 Å². The minimum atomic E-state index is 0.386. The molecule has 0 amide bonds. The maximum atomic E-state index is 5.87. The summed E-state index contributed by atoms with van der Waals surface area (Å²) in [5.41, 5.74) is 9.86. The van der Waals surface area contributed by atoms with Crippen molar-refractivity contribution < 1.29 is 0 Å². The Morgan fingerprint density at radius 3 is 2.44 bits per heavy atom. The number of hydrogen-bond donors (Lipinski definition) is 2. The monoisotopic (exact) mass is 243 g/mol. The van der Waals surface area contributed by atoms with Crippen LogP contribution in [0, 0.1) is 0 Å². The second-order valence-electron chi connectivity index (χ2n) is 5.33. The Bertz CT molecular complexity index is 559. The van der Waals surface area contributed by atoms with Crippen LogP contribution in [0.15, 0.2) is 24.3 Å². The molecule has 1 heterocycles. The highest BCUT2D eigenvalue weighted by Gasteiger charge is 2.09. The second-order valence-corrected chi connectivity index (χ2v) is 5.33. The van der Waals surface area contributed by atoms with Crippen LogP contribution < -0.4 is 11.1 Å². The molecule has 0 radical (unpaired) electrons. The average molecular weight is 243 g/mol. The van der Waals surface area contributed by atoms with Crippen molar-refractivity contribution in [3.8, 4) is 0 Å². The number of nitrogens with one attached hydrogen (secondary N) is 1. The van der Waals surface area contributed by atoms with Crippen molar-refractivity contribution >= 4 is 22.3 Å². The summed E-state index contributed by atoms with van der Waals surface area (Å²) in [6.45, 7) is 8.58. The molecule has 3 nitrogen and oxygen atoms in total. The van der Waals surface area contributed by atoms with Crippen LogP contribution in [0.2, 0.25) is 0 Å². The van der Waals surface area contributed by atoms with Gasteiger partial charge in [0, 0.05) is 28.5 Å². The van der Waals surface area contributed by atoms with E-state index in [0.29, 0.717) is 12.0 Å². The van der Waals surface area contributed by atoms with Crippen molar-refractivity contribution in [2.75, 3.05) is 11.1 Å². The van der Waals surface area contributed by atoms with E-state index in [9.17, 15) is 0 Å². The molecule has 0 unspecified atom stereocenters. The minimum absolute atomic E-state index is 0.386. The summed E-state index contributed by atoms with van der Waals surface area (Å²) in [5, 5.41) is 4.57. The van der Waals surface area contributed by atoms with E-state index in [1.165, 1.54) is 0 Å². The number of aromatic nitrogens is 1. The highest BCUT2D eigenvalue weighted by Crippen LogP contribution is 2.28. The standard InChI is InChI=1S/C15H21N3/c1-9(2)14-8-15(17-10(3)4)12-7-11(16)5-6-13(12)18-14/h5-10H,16H2,1-4H3,(H,17,18).